The zero-order valence-corrected chi connectivity index (χ0v) is 12.4. The number of carboxylic acid groups (broad SMARTS) is 1. The number of aromatic nitrogens is 2. The first-order chi connectivity index (χ1) is 9.99. The molecule has 1 heterocycles. The van der Waals surface area contributed by atoms with Gasteiger partial charge < -0.3 is 15.0 Å². The van der Waals surface area contributed by atoms with Crippen LogP contribution in [0.4, 0.5) is 0 Å². The van der Waals surface area contributed by atoms with Crippen LogP contribution in [-0.2, 0) is 16.1 Å². The van der Waals surface area contributed by atoms with Gasteiger partial charge in [-0.15, -0.1) is 0 Å². The summed E-state index contributed by atoms with van der Waals surface area (Å²) in [6.07, 6.45) is 9.39. The van der Waals surface area contributed by atoms with Gasteiger partial charge in [0.1, 0.15) is 0 Å². The van der Waals surface area contributed by atoms with Gasteiger partial charge in [0, 0.05) is 31.4 Å². The van der Waals surface area contributed by atoms with Gasteiger partial charge in [0.15, 0.2) is 0 Å². The van der Waals surface area contributed by atoms with Crippen LogP contribution in [0.3, 0.4) is 0 Å². The van der Waals surface area contributed by atoms with Crippen molar-refractivity contribution in [3.8, 4) is 0 Å². The minimum atomic E-state index is -0.809. The first kappa shape index (κ1) is 15.5. The van der Waals surface area contributed by atoms with Crippen LogP contribution in [0.5, 0.6) is 0 Å². The highest BCUT2D eigenvalue weighted by Crippen LogP contribution is 2.44. The Balaban J connectivity index is 1.86. The normalized spacial score (nSPS) is 18.3. The third-order valence-corrected chi connectivity index (χ3v) is 4.18. The average molecular weight is 293 g/mol. The van der Waals surface area contributed by atoms with E-state index in [1.165, 1.54) is 0 Å². The predicted octanol–water partition coefficient (Wildman–Crippen LogP) is 1.81. The monoisotopic (exact) mass is 293 g/mol. The van der Waals surface area contributed by atoms with Gasteiger partial charge in [-0.3, -0.25) is 9.59 Å². The van der Waals surface area contributed by atoms with Gasteiger partial charge in [-0.1, -0.05) is 12.8 Å². The molecule has 0 spiro atoms. The molecule has 2 N–H and O–H groups in total. The van der Waals surface area contributed by atoms with Crippen LogP contribution in [0.25, 0.3) is 0 Å². The number of hydrogen-bond acceptors (Lipinski definition) is 3. The Kier molecular flexibility index (Phi) is 4.98. The molecule has 0 aliphatic heterocycles. The van der Waals surface area contributed by atoms with Crippen molar-refractivity contribution in [1.82, 2.24) is 14.9 Å². The molecule has 116 valence electrons. The lowest BCUT2D eigenvalue weighted by Gasteiger charge is -2.27. The molecule has 6 heteroatoms. The molecule has 1 aromatic rings. The summed E-state index contributed by atoms with van der Waals surface area (Å²) in [6, 6.07) is -0.00465. The van der Waals surface area contributed by atoms with E-state index in [9.17, 15) is 9.59 Å². The van der Waals surface area contributed by atoms with Crippen molar-refractivity contribution in [3.63, 3.8) is 0 Å². The summed E-state index contributed by atoms with van der Waals surface area (Å²) >= 11 is 0. The molecule has 0 saturated heterocycles. The Morgan fingerprint density at radius 3 is 2.67 bits per heavy atom. The van der Waals surface area contributed by atoms with E-state index in [1.807, 2.05) is 17.7 Å². The van der Waals surface area contributed by atoms with Crippen LogP contribution in [0.1, 0.15) is 45.4 Å². The summed E-state index contributed by atoms with van der Waals surface area (Å²) in [5.74, 6) is -0.859. The van der Waals surface area contributed by atoms with E-state index in [1.54, 1.807) is 12.5 Å². The summed E-state index contributed by atoms with van der Waals surface area (Å²) in [6.45, 7) is 2.61. The number of nitrogens with one attached hydrogen (secondary N) is 1. The number of hydrogen-bond donors (Lipinski definition) is 2. The molecule has 1 atom stereocenters. The Morgan fingerprint density at radius 1 is 1.38 bits per heavy atom. The Bertz CT molecular complexity index is 478. The molecule has 6 nitrogen and oxygen atoms in total. The molecule has 1 aromatic heterocycles. The first-order valence-corrected chi connectivity index (χ1v) is 7.46. The van der Waals surface area contributed by atoms with E-state index < -0.39 is 5.97 Å². The van der Waals surface area contributed by atoms with Gasteiger partial charge in [-0.05, 0) is 25.2 Å². The fraction of sp³-hybridized carbons (Fsp3) is 0.667. The van der Waals surface area contributed by atoms with E-state index in [2.05, 4.69) is 10.3 Å². The van der Waals surface area contributed by atoms with Crippen molar-refractivity contribution >= 4 is 11.9 Å². The molecule has 1 aliphatic carbocycles. The third-order valence-electron chi connectivity index (χ3n) is 4.18. The topological polar surface area (TPSA) is 84.2 Å². The zero-order valence-electron chi connectivity index (χ0n) is 12.4. The summed E-state index contributed by atoms with van der Waals surface area (Å²) in [4.78, 5) is 27.2. The lowest BCUT2D eigenvalue weighted by molar-refractivity contribution is -0.140. The predicted molar refractivity (Wildman–Crippen MR) is 77.6 cm³/mol. The van der Waals surface area contributed by atoms with Crippen molar-refractivity contribution in [2.24, 2.45) is 5.41 Å². The number of rotatable bonds is 7. The number of aliphatic carboxylic acids is 1. The van der Waals surface area contributed by atoms with Gasteiger partial charge in [-0.2, -0.15) is 0 Å². The van der Waals surface area contributed by atoms with E-state index in [-0.39, 0.29) is 23.8 Å². The van der Waals surface area contributed by atoms with Crippen LogP contribution in [0.2, 0.25) is 0 Å². The standard InChI is InChI=1S/C15H23N3O3/c1-12(10-18-7-6-16-11-18)17-13(19)8-15(9-14(20)21)4-2-3-5-15/h6-7,11-12H,2-5,8-10H2,1H3,(H,17,19)(H,20,21). The molecule has 0 bridgehead atoms. The molecule has 0 aromatic carbocycles. The van der Waals surface area contributed by atoms with Gasteiger partial charge in [0.2, 0.25) is 5.91 Å². The highest BCUT2D eigenvalue weighted by atomic mass is 16.4. The quantitative estimate of drug-likeness (QED) is 0.803. The lowest BCUT2D eigenvalue weighted by Crippen LogP contribution is -2.38. The van der Waals surface area contributed by atoms with Gasteiger partial charge in [0.25, 0.3) is 0 Å². The smallest absolute Gasteiger partial charge is 0.303 e. The molecular formula is C15H23N3O3. The van der Waals surface area contributed by atoms with E-state index in [0.717, 1.165) is 25.7 Å². The van der Waals surface area contributed by atoms with Crippen LogP contribution in [0.15, 0.2) is 18.7 Å². The van der Waals surface area contributed by atoms with Crippen LogP contribution in [0, 0.1) is 5.41 Å². The molecule has 1 amide bonds. The second-order valence-corrected chi connectivity index (χ2v) is 6.18. The lowest BCUT2D eigenvalue weighted by atomic mass is 9.79. The van der Waals surface area contributed by atoms with E-state index >= 15 is 0 Å². The molecule has 1 saturated carbocycles. The number of carboxylic acids is 1. The summed E-state index contributed by atoms with van der Waals surface area (Å²) in [7, 11) is 0. The highest BCUT2D eigenvalue weighted by Gasteiger charge is 2.38. The van der Waals surface area contributed by atoms with Crippen molar-refractivity contribution in [2.75, 3.05) is 0 Å². The number of imidazole rings is 1. The average Bonchev–Trinajstić information content (AvgIpc) is 3.00. The number of nitrogens with zero attached hydrogens (tertiary/aromatic N) is 2. The number of carbonyl (C=O) groups excluding carboxylic acids is 1. The van der Waals surface area contributed by atoms with E-state index in [4.69, 9.17) is 5.11 Å². The molecule has 1 aliphatic rings. The molecule has 21 heavy (non-hydrogen) atoms. The van der Waals surface area contributed by atoms with Gasteiger partial charge >= 0.3 is 5.97 Å². The largest absolute Gasteiger partial charge is 0.481 e. The van der Waals surface area contributed by atoms with Crippen LogP contribution >= 0.6 is 0 Å². The number of amides is 1. The Morgan fingerprint density at radius 2 is 2.10 bits per heavy atom. The van der Waals surface area contributed by atoms with Crippen LogP contribution < -0.4 is 5.32 Å². The second kappa shape index (κ2) is 6.74. The third kappa shape index (κ3) is 4.58. The maximum Gasteiger partial charge on any atom is 0.303 e. The van der Waals surface area contributed by atoms with Crippen molar-refractivity contribution < 1.29 is 14.7 Å². The summed E-state index contributed by atoms with van der Waals surface area (Å²) in [5, 5.41) is 12.0. The maximum atomic E-state index is 12.2. The highest BCUT2D eigenvalue weighted by molar-refractivity contribution is 5.78. The molecule has 1 unspecified atom stereocenters. The SMILES string of the molecule is CC(Cn1ccnc1)NC(=O)CC1(CC(=O)O)CCCC1. The zero-order chi connectivity index (χ0) is 15.3. The molecule has 2 rings (SSSR count). The first-order valence-electron chi connectivity index (χ1n) is 7.46. The maximum absolute atomic E-state index is 12.2. The minimum absolute atomic E-state index is 0.00465. The fourth-order valence-corrected chi connectivity index (χ4v) is 3.28. The molecule has 0 radical (unpaired) electrons. The van der Waals surface area contributed by atoms with E-state index in [0.29, 0.717) is 13.0 Å². The summed E-state index contributed by atoms with van der Waals surface area (Å²) in [5.41, 5.74) is -0.343. The number of carbonyl (C=O) groups is 2. The van der Waals surface area contributed by atoms with Gasteiger partial charge in [-0.25, -0.2) is 4.98 Å². The molecule has 1 fully saturated rings. The van der Waals surface area contributed by atoms with Gasteiger partial charge in [0.05, 0.1) is 12.7 Å². The fourth-order valence-electron chi connectivity index (χ4n) is 3.28. The van der Waals surface area contributed by atoms with Crippen molar-refractivity contribution in [3.05, 3.63) is 18.7 Å². The Labute approximate surface area is 124 Å². The molecular weight excluding hydrogens is 270 g/mol. The second-order valence-electron chi connectivity index (χ2n) is 6.18. The summed E-state index contributed by atoms with van der Waals surface area (Å²) < 4.78 is 1.91. The van der Waals surface area contributed by atoms with Crippen LogP contribution in [-0.4, -0.2) is 32.6 Å². The minimum Gasteiger partial charge on any atom is -0.481 e. The Hall–Kier alpha value is -1.85. The van der Waals surface area contributed by atoms with Crippen molar-refractivity contribution in [2.45, 2.75) is 58.0 Å². The van der Waals surface area contributed by atoms with Crippen molar-refractivity contribution in [1.29, 1.82) is 0 Å².